The lowest BCUT2D eigenvalue weighted by molar-refractivity contribution is -0.158. The average Bonchev–Trinajstić information content (AvgIpc) is 2.97. The van der Waals surface area contributed by atoms with Crippen molar-refractivity contribution in [2.75, 3.05) is 0 Å². The topological polar surface area (TPSA) is 164 Å². The molecule has 3 aromatic rings. The number of rotatable bonds is 7. The lowest BCUT2D eigenvalue weighted by atomic mass is 9.82. The molecule has 0 bridgehead atoms. The van der Waals surface area contributed by atoms with Crippen LogP contribution < -0.4 is 21.2 Å². The molecule has 0 spiro atoms. The molecule has 42 heavy (non-hydrogen) atoms. The van der Waals surface area contributed by atoms with Crippen LogP contribution in [0.2, 0.25) is 0 Å². The zero-order chi connectivity index (χ0) is 30.2. The molecule has 10 nitrogen and oxygen atoms in total. The maximum atomic E-state index is 13.2. The summed E-state index contributed by atoms with van der Waals surface area (Å²) in [6, 6.07) is 7.46. The Balaban J connectivity index is 1.71. The van der Waals surface area contributed by atoms with Crippen LogP contribution in [0, 0.1) is 0 Å². The summed E-state index contributed by atoms with van der Waals surface area (Å²) in [7, 11) is 0. The Morgan fingerprint density at radius 3 is 2.74 bits per heavy atom. The number of carbonyl (C=O) groups is 1. The standard InChI is InChI=1S/C32H34N2O8/c1-4-17(2)31(39)41-24-14-22-28(38)27-23(37)13-21(16-35)40-30(27)26(19-6-5-7-20(36)12-19)29(22)42-32(24,3)11-10-18-8-9-25(33)34-15-18/h4-9,12-13,15,24-25,34-36,38H,10-11,14,16,33H2,1-3H3/b17-4-/t24-,25?,32+/m1/s1. The van der Waals surface area contributed by atoms with Gasteiger partial charge in [0.25, 0.3) is 0 Å². The molecule has 2 aliphatic rings. The minimum absolute atomic E-state index is 0.00203. The van der Waals surface area contributed by atoms with Gasteiger partial charge in [0.1, 0.15) is 46.7 Å². The van der Waals surface area contributed by atoms with Gasteiger partial charge >= 0.3 is 5.97 Å². The lowest BCUT2D eigenvalue weighted by Crippen LogP contribution is -2.51. The van der Waals surface area contributed by atoms with E-state index >= 15 is 0 Å². The van der Waals surface area contributed by atoms with Crippen LogP contribution in [-0.2, 0) is 22.6 Å². The summed E-state index contributed by atoms with van der Waals surface area (Å²) in [6.07, 6.45) is 7.13. The zero-order valence-corrected chi connectivity index (χ0v) is 23.6. The highest BCUT2D eigenvalue weighted by molar-refractivity contribution is 6.01. The lowest BCUT2D eigenvalue weighted by Gasteiger charge is -2.43. The van der Waals surface area contributed by atoms with Crippen LogP contribution in [0.5, 0.6) is 17.2 Å². The number of aromatic hydroxyl groups is 2. The van der Waals surface area contributed by atoms with Crippen LogP contribution in [0.3, 0.4) is 0 Å². The van der Waals surface area contributed by atoms with E-state index in [1.54, 1.807) is 32.1 Å². The molecule has 0 fully saturated rings. The summed E-state index contributed by atoms with van der Waals surface area (Å²) in [6.45, 7) is 4.68. The second-order valence-electron chi connectivity index (χ2n) is 10.8. The van der Waals surface area contributed by atoms with Crippen molar-refractivity contribution < 1.29 is 34.0 Å². The van der Waals surface area contributed by atoms with Crippen molar-refractivity contribution in [2.24, 2.45) is 5.73 Å². The Morgan fingerprint density at radius 1 is 1.29 bits per heavy atom. The summed E-state index contributed by atoms with van der Waals surface area (Å²) in [4.78, 5) is 26.1. The summed E-state index contributed by atoms with van der Waals surface area (Å²) in [5, 5.41) is 34.5. The molecular weight excluding hydrogens is 540 g/mol. The monoisotopic (exact) mass is 574 g/mol. The van der Waals surface area contributed by atoms with E-state index in [0.717, 1.165) is 11.6 Å². The maximum absolute atomic E-state index is 13.2. The van der Waals surface area contributed by atoms with Crippen molar-refractivity contribution in [2.45, 2.75) is 64.5 Å². The highest BCUT2D eigenvalue weighted by Crippen LogP contribution is 2.51. The number of phenolic OH excluding ortho intramolecular Hbond substituents is 2. The van der Waals surface area contributed by atoms with Crippen LogP contribution in [0.25, 0.3) is 22.1 Å². The minimum atomic E-state index is -1.09. The van der Waals surface area contributed by atoms with E-state index in [0.29, 0.717) is 29.5 Å². The number of ether oxygens (including phenoxy) is 2. The van der Waals surface area contributed by atoms with E-state index < -0.39 is 29.7 Å². The Hall–Kier alpha value is -4.54. The maximum Gasteiger partial charge on any atom is 0.333 e. The molecular formula is C32H34N2O8. The van der Waals surface area contributed by atoms with Gasteiger partial charge in [-0.05, 0) is 63.0 Å². The van der Waals surface area contributed by atoms with Crippen molar-refractivity contribution >= 4 is 16.9 Å². The predicted molar refractivity (Wildman–Crippen MR) is 157 cm³/mol. The van der Waals surface area contributed by atoms with E-state index in [4.69, 9.17) is 19.6 Å². The fourth-order valence-electron chi connectivity index (χ4n) is 5.26. The number of aliphatic hydroxyl groups excluding tert-OH is 1. The number of esters is 1. The van der Waals surface area contributed by atoms with Gasteiger partial charge < -0.3 is 40.3 Å². The number of hydrogen-bond acceptors (Lipinski definition) is 10. The first-order valence-corrected chi connectivity index (χ1v) is 13.7. The third kappa shape index (κ3) is 5.38. The van der Waals surface area contributed by atoms with Crippen LogP contribution in [0.15, 0.2) is 75.1 Å². The van der Waals surface area contributed by atoms with Gasteiger partial charge in [-0.2, -0.15) is 0 Å². The number of nitrogens with one attached hydrogen (secondary N) is 1. The normalized spacial score (nSPS) is 21.7. The summed E-state index contributed by atoms with van der Waals surface area (Å²) in [5.41, 5.74) is 6.68. The average molecular weight is 575 g/mol. The first kappa shape index (κ1) is 29.0. The van der Waals surface area contributed by atoms with Gasteiger partial charge in [-0.25, -0.2) is 4.79 Å². The minimum Gasteiger partial charge on any atom is -0.508 e. The number of hydrogen-bond donors (Lipinski definition) is 5. The van der Waals surface area contributed by atoms with Gasteiger partial charge in [-0.15, -0.1) is 0 Å². The number of nitrogens with two attached hydrogens (primary N) is 1. The summed E-state index contributed by atoms with van der Waals surface area (Å²) in [5.74, 6) is -0.677. The van der Waals surface area contributed by atoms with Crippen LogP contribution in [0.1, 0.15) is 44.9 Å². The molecule has 220 valence electrons. The Kier molecular flexibility index (Phi) is 7.85. The molecule has 1 aromatic heterocycles. The quantitative estimate of drug-likeness (QED) is 0.205. The second kappa shape index (κ2) is 11.4. The largest absolute Gasteiger partial charge is 0.508 e. The number of aliphatic hydroxyl groups is 1. The fourth-order valence-corrected chi connectivity index (χ4v) is 5.26. The van der Waals surface area contributed by atoms with Crippen LogP contribution >= 0.6 is 0 Å². The van der Waals surface area contributed by atoms with Gasteiger partial charge in [-0.1, -0.05) is 24.3 Å². The van der Waals surface area contributed by atoms with Gasteiger partial charge in [0, 0.05) is 29.8 Å². The van der Waals surface area contributed by atoms with Gasteiger partial charge in [0.2, 0.25) is 0 Å². The van der Waals surface area contributed by atoms with Gasteiger partial charge in [0.15, 0.2) is 11.0 Å². The molecule has 0 saturated heterocycles. The third-order valence-corrected chi connectivity index (χ3v) is 7.84. The number of allylic oxidation sites excluding steroid dienone is 3. The molecule has 0 amide bonds. The number of benzene rings is 2. The van der Waals surface area contributed by atoms with E-state index in [1.165, 1.54) is 12.1 Å². The SMILES string of the molecule is C/C=C(/C)C(=O)O[C@@H]1Cc2c(c(-c3cccc(O)c3)c3oc(CO)cc(=O)c3c2O)O[C@@]1(C)CCC1=CNC(N)C=C1. The smallest absolute Gasteiger partial charge is 0.333 e. The number of phenols is 2. The molecule has 2 aliphatic heterocycles. The molecule has 6 N–H and O–H groups in total. The van der Waals surface area contributed by atoms with Crippen molar-refractivity contribution in [3.8, 4) is 28.4 Å². The molecule has 3 heterocycles. The highest BCUT2D eigenvalue weighted by Gasteiger charge is 2.46. The van der Waals surface area contributed by atoms with E-state index in [1.807, 2.05) is 25.3 Å². The van der Waals surface area contributed by atoms with E-state index in [2.05, 4.69) is 5.32 Å². The molecule has 1 unspecified atom stereocenters. The van der Waals surface area contributed by atoms with Crippen molar-refractivity contribution in [1.82, 2.24) is 5.32 Å². The molecule has 2 aromatic carbocycles. The molecule has 0 saturated carbocycles. The highest BCUT2D eigenvalue weighted by atomic mass is 16.6. The fraction of sp³-hybridized carbons (Fsp3) is 0.312. The second-order valence-corrected chi connectivity index (χ2v) is 10.8. The number of dihydropyridines is 1. The zero-order valence-electron chi connectivity index (χ0n) is 23.6. The van der Waals surface area contributed by atoms with Crippen molar-refractivity contribution in [3.63, 3.8) is 0 Å². The summed E-state index contributed by atoms with van der Waals surface area (Å²) < 4.78 is 18.6. The molecule has 3 atom stereocenters. The first-order chi connectivity index (χ1) is 20.0. The Morgan fingerprint density at radius 2 is 2.07 bits per heavy atom. The van der Waals surface area contributed by atoms with E-state index in [9.17, 15) is 24.9 Å². The third-order valence-electron chi connectivity index (χ3n) is 7.84. The molecule has 0 aliphatic carbocycles. The van der Waals surface area contributed by atoms with Crippen LogP contribution in [0.4, 0.5) is 0 Å². The molecule has 10 heteroatoms. The van der Waals surface area contributed by atoms with Crippen LogP contribution in [-0.4, -0.2) is 39.2 Å². The number of carbonyl (C=O) groups excluding carboxylic acids is 1. The molecule has 0 radical (unpaired) electrons. The predicted octanol–water partition coefficient (Wildman–Crippen LogP) is 4.04. The first-order valence-electron chi connectivity index (χ1n) is 13.7. The van der Waals surface area contributed by atoms with Crippen molar-refractivity contribution in [1.29, 1.82) is 0 Å². The van der Waals surface area contributed by atoms with Gasteiger partial charge in [-0.3, -0.25) is 4.79 Å². The summed E-state index contributed by atoms with van der Waals surface area (Å²) >= 11 is 0. The molecule has 5 rings (SSSR count). The van der Waals surface area contributed by atoms with Crippen molar-refractivity contribution in [3.05, 3.63) is 87.5 Å². The Bertz CT molecular complexity index is 1700. The van der Waals surface area contributed by atoms with E-state index in [-0.39, 0.29) is 52.1 Å². The Labute approximate surface area is 242 Å². The number of fused-ring (bicyclic) bond motifs is 2. The van der Waals surface area contributed by atoms with Gasteiger partial charge in [0.05, 0.1) is 11.7 Å².